The molecule has 3 aromatic carbocycles. The van der Waals surface area contributed by atoms with E-state index in [0.717, 1.165) is 32.6 Å². The number of imide groups is 1. The highest BCUT2D eigenvalue weighted by atomic mass is 28.4. The molecule has 0 saturated carbocycles. The highest BCUT2D eigenvalue weighted by molar-refractivity contribution is 6.99. The van der Waals surface area contributed by atoms with E-state index in [1.54, 1.807) is 7.05 Å². The Balaban J connectivity index is 1.44. The molecule has 2 amide bonds. The average molecular weight is 624 g/mol. The lowest BCUT2D eigenvalue weighted by molar-refractivity contribution is -0.138. The maximum absolute atomic E-state index is 13.5. The molecule has 0 bridgehead atoms. The number of amides is 2. The van der Waals surface area contributed by atoms with Crippen molar-refractivity contribution in [2.45, 2.75) is 58.6 Å². The van der Waals surface area contributed by atoms with E-state index in [1.165, 1.54) is 4.90 Å². The van der Waals surface area contributed by atoms with Crippen LogP contribution < -0.4 is 10.4 Å². The second kappa shape index (κ2) is 11.7. The van der Waals surface area contributed by atoms with Crippen molar-refractivity contribution in [1.82, 2.24) is 4.90 Å². The minimum Gasteiger partial charge on any atom is -0.507 e. The molecule has 45 heavy (non-hydrogen) atoms. The van der Waals surface area contributed by atoms with Crippen LogP contribution in [0, 0.1) is 31.6 Å². The van der Waals surface area contributed by atoms with Gasteiger partial charge in [0.25, 0.3) is 8.32 Å². The number of nitrogens with zero attached hydrogens (tertiary/aromatic N) is 1. The lowest BCUT2D eigenvalue weighted by Gasteiger charge is -2.45. The zero-order valence-corrected chi connectivity index (χ0v) is 27.9. The maximum Gasteiger partial charge on any atom is 0.487 e. The predicted octanol–water partition coefficient (Wildman–Crippen LogP) is 4.61. The topological polar surface area (TPSA) is 96.3 Å². The van der Waals surface area contributed by atoms with Crippen molar-refractivity contribution in [2.75, 3.05) is 13.7 Å². The number of fused-ring (bicyclic) bond motifs is 3. The molecule has 2 saturated heterocycles. The number of rotatable bonds is 6. The molecule has 3 aliphatic rings. The minimum atomic E-state index is -2.92. The van der Waals surface area contributed by atoms with Gasteiger partial charge in [0.15, 0.2) is 0 Å². The number of aromatic hydroxyl groups is 1. The van der Waals surface area contributed by atoms with E-state index in [4.69, 9.17) is 9.08 Å². The number of benzene rings is 3. The lowest BCUT2D eigenvalue weighted by atomic mass is 9.55. The number of phenols is 1. The predicted molar refractivity (Wildman–Crippen MR) is 177 cm³/mol. The molecular formula is C36H42BNO6Si. The molecule has 0 radical (unpaired) electrons. The molecule has 2 heterocycles. The van der Waals surface area contributed by atoms with Gasteiger partial charge in [0.05, 0.1) is 24.5 Å². The molecule has 3 aromatic rings. The third-order valence-corrected chi connectivity index (χ3v) is 15.2. The summed E-state index contributed by atoms with van der Waals surface area (Å²) in [7, 11) is -2.61. The van der Waals surface area contributed by atoms with Crippen molar-refractivity contribution in [3.8, 4) is 5.75 Å². The number of aryl methyl sites for hydroxylation is 2. The number of carbonyl (C=O) groups excluding carboxylic acids is 2. The first-order chi connectivity index (χ1) is 21.3. The summed E-state index contributed by atoms with van der Waals surface area (Å²) < 4.78 is 13.6. The van der Waals surface area contributed by atoms with Gasteiger partial charge in [0, 0.05) is 7.05 Å². The largest absolute Gasteiger partial charge is 0.507 e. The van der Waals surface area contributed by atoms with Crippen LogP contribution >= 0.6 is 0 Å². The average Bonchev–Trinajstić information content (AvgIpc) is 3.23. The van der Waals surface area contributed by atoms with Crippen LogP contribution in [0.3, 0.4) is 0 Å². The second-order valence-electron chi connectivity index (χ2n) is 13.9. The number of hydrogen-bond donors (Lipinski definition) is 2. The van der Waals surface area contributed by atoms with E-state index in [9.17, 15) is 19.7 Å². The molecule has 0 spiro atoms. The number of phenolic OH excluding ortho intramolecular Hbond substituents is 1. The van der Waals surface area contributed by atoms with Gasteiger partial charge in [-0.1, -0.05) is 81.4 Å². The first-order valence-electron chi connectivity index (χ1n) is 15.8. The fraction of sp³-hybridized carbons (Fsp3) is 0.389. The summed E-state index contributed by atoms with van der Waals surface area (Å²) in [5, 5.41) is 24.1. The minimum absolute atomic E-state index is 0.180. The summed E-state index contributed by atoms with van der Waals surface area (Å²) in [4.78, 5) is 28.3. The Morgan fingerprint density at radius 1 is 0.933 bits per heavy atom. The molecule has 2 fully saturated rings. The van der Waals surface area contributed by atoms with Crippen LogP contribution in [-0.2, 0) is 18.7 Å². The van der Waals surface area contributed by atoms with Crippen LogP contribution in [0.4, 0.5) is 0 Å². The number of allylic oxidation sites excluding steroid dienone is 1. The van der Waals surface area contributed by atoms with E-state index in [1.807, 2.05) is 62.4 Å². The Hall–Kier alpha value is -3.50. The van der Waals surface area contributed by atoms with E-state index in [0.29, 0.717) is 18.3 Å². The molecule has 234 valence electrons. The van der Waals surface area contributed by atoms with Crippen LogP contribution in [0.2, 0.25) is 5.04 Å². The SMILES string of the molecule is Cc1cc([C@@H]2C[C@@H]3C(=C(CO[Si](c4ccccc4)(c4ccccc4)C(C)(C)C)C[C@@H]4C(=O)N(C)C(=O)[C@@H]43)B(O)O2)cc(C)c1O. The number of likely N-dealkylation sites (tertiary alicyclic amines) is 1. The van der Waals surface area contributed by atoms with Gasteiger partial charge in [0.2, 0.25) is 11.8 Å². The first kappa shape index (κ1) is 31.5. The smallest absolute Gasteiger partial charge is 0.487 e. The number of hydrogen-bond acceptors (Lipinski definition) is 6. The molecule has 6 rings (SSSR count). The van der Waals surface area contributed by atoms with E-state index < -0.39 is 33.4 Å². The lowest BCUT2D eigenvalue weighted by Crippen LogP contribution is -2.66. The summed E-state index contributed by atoms with van der Waals surface area (Å²) in [6.45, 7) is 10.5. The van der Waals surface area contributed by atoms with Crippen molar-refractivity contribution >= 4 is 37.6 Å². The molecule has 0 unspecified atom stereocenters. The molecule has 2 N–H and O–H groups in total. The quantitative estimate of drug-likeness (QED) is 0.308. The molecular weight excluding hydrogens is 581 g/mol. The Kier molecular flexibility index (Phi) is 8.18. The van der Waals surface area contributed by atoms with Gasteiger partial charge in [-0.2, -0.15) is 0 Å². The van der Waals surface area contributed by atoms with E-state index in [2.05, 4.69) is 45.0 Å². The van der Waals surface area contributed by atoms with Gasteiger partial charge >= 0.3 is 7.12 Å². The van der Waals surface area contributed by atoms with Crippen molar-refractivity contribution in [2.24, 2.45) is 17.8 Å². The summed E-state index contributed by atoms with van der Waals surface area (Å²) in [6, 6.07) is 24.5. The molecule has 1 aliphatic carbocycles. The standard InChI is InChI=1S/C36H42BNO6Si/c1-22-17-24(18-23(2)33(22)39)30-20-28-31-29(34(40)38(6)35(31)41)19-25(32(28)37(42)44-30)21-43-45(36(3,4)5,26-13-9-7-10-14-26)27-15-11-8-12-16-27/h7-18,28-31,39,42H,19-21H2,1-6H3/t28-,29-,30-,31+/m0/s1. The van der Waals surface area contributed by atoms with E-state index in [-0.39, 0.29) is 35.1 Å². The highest BCUT2D eigenvalue weighted by Gasteiger charge is 2.58. The highest BCUT2D eigenvalue weighted by Crippen LogP contribution is 2.52. The summed E-state index contributed by atoms with van der Waals surface area (Å²) in [6.07, 6.45) is 0.275. The molecule has 4 atom stereocenters. The third-order valence-electron chi connectivity index (χ3n) is 10.2. The monoisotopic (exact) mass is 623 g/mol. The normalized spacial score (nSPS) is 23.8. The summed E-state index contributed by atoms with van der Waals surface area (Å²) in [5.41, 5.74) is 3.79. The van der Waals surface area contributed by atoms with Crippen LogP contribution in [0.1, 0.15) is 56.4 Å². The molecule has 9 heteroatoms. The van der Waals surface area contributed by atoms with Gasteiger partial charge in [-0.3, -0.25) is 14.5 Å². The van der Waals surface area contributed by atoms with Crippen LogP contribution in [0.25, 0.3) is 0 Å². The van der Waals surface area contributed by atoms with Crippen LogP contribution in [-0.4, -0.2) is 55.9 Å². The third kappa shape index (κ3) is 5.20. The van der Waals surface area contributed by atoms with Crippen molar-refractivity contribution in [1.29, 1.82) is 0 Å². The van der Waals surface area contributed by atoms with Crippen molar-refractivity contribution in [3.05, 3.63) is 101 Å². The Morgan fingerprint density at radius 2 is 1.49 bits per heavy atom. The molecule has 0 aromatic heterocycles. The Morgan fingerprint density at radius 3 is 2.02 bits per heavy atom. The Bertz CT molecular complexity index is 1590. The van der Waals surface area contributed by atoms with E-state index >= 15 is 0 Å². The van der Waals surface area contributed by atoms with Crippen molar-refractivity contribution < 1.29 is 28.8 Å². The van der Waals surface area contributed by atoms with Gasteiger partial charge in [0.1, 0.15) is 5.75 Å². The second-order valence-corrected chi connectivity index (χ2v) is 18.2. The summed E-state index contributed by atoms with van der Waals surface area (Å²) >= 11 is 0. The van der Waals surface area contributed by atoms with Crippen molar-refractivity contribution in [3.63, 3.8) is 0 Å². The zero-order valence-electron chi connectivity index (χ0n) is 26.9. The van der Waals surface area contributed by atoms with Gasteiger partial charge in [-0.25, -0.2) is 0 Å². The fourth-order valence-electron chi connectivity index (χ4n) is 8.05. The zero-order chi connectivity index (χ0) is 32.3. The molecule has 2 aliphatic heterocycles. The van der Waals surface area contributed by atoms with Crippen LogP contribution in [0.15, 0.2) is 83.8 Å². The Labute approximate surface area is 267 Å². The van der Waals surface area contributed by atoms with Gasteiger partial charge in [-0.15, -0.1) is 0 Å². The molecule has 7 nitrogen and oxygen atoms in total. The number of carbonyl (C=O) groups is 2. The maximum atomic E-state index is 13.5. The summed E-state index contributed by atoms with van der Waals surface area (Å²) in [5.74, 6) is -1.61. The van der Waals surface area contributed by atoms with Gasteiger partial charge in [-0.05, 0) is 87.9 Å². The van der Waals surface area contributed by atoms with Crippen LogP contribution in [0.5, 0.6) is 5.75 Å². The van der Waals surface area contributed by atoms with Gasteiger partial charge < -0.3 is 19.2 Å². The first-order valence-corrected chi connectivity index (χ1v) is 17.7. The fourth-order valence-corrected chi connectivity index (χ4v) is 12.6.